The number of nitrogen functional groups attached to an aromatic ring is 1. The van der Waals surface area contributed by atoms with Gasteiger partial charge in [0.2, 0.25) is 0 Å². The number of amides is 2. The normalized spacial score (nSPS) is 10.4. The van der Waals surface area contributed by atoms with Crippen molar-refractivity contribution in [2.75, 3.05) is 6.61 Å². The van der Waals surface area contributed by atoms with Crippen molar-refractivity contribution in [3.63, 3.8) is 0 Å². The lowest BCUT2D eigenvalue weighted by molar-refractivity contribution is -0.119. The maximum atomic E-state index is 13.1. The first-order valence-electron chi connectivity index (χ1n) is 10.1. The minimum Gasteiger partial charge on any atom is -0.489 e. The number of carbonyl (C=O) groups is 2. The van der Waals surface area contributed by atoms with Gasteiger partial charge < -0.3 is 26.3 Å². The zero-order valence-corrected chi connectivity index (χ0v) is 18.7. The number of amidine groups is 1. The third-order valence-corrected chi connectivity index (χ3v) is 4.86. The molecule has 0 bridgehead atoms. The van der Waals surface area contributed by atoms with Crippen molar-refractivity contribution in [2.45, 2.75) is 13.2 Å². The zero-order chi connectivity index (χ0) is 24.7. The summed E-state index contributed by atoms with van der Waals surface area (Å²) in [6.45, 7) is -0.139. The molecule has 34 heavy (non-hydrogen) atoms. The van der Waals surface area contributed by atoms with Crippen LogP contribution >= 0.6 is 11.6 Å². The summed E-state index contributed by atoms with van der Waals surface area (Å²) in [4.78, 5) is 23.8. The number of nitrogens with one attached hydrogen (secondary N) is 2. The summed E-state index contributed by atoms with van der Waals surface area (Å²) in [5, 5.41) is 10.6. The highest BCUT2D eigenvalue weighted by atomic mass is 35.5. The molecule has 6 N–H and O–H groups in total. The highest BCUT2D eigenvalue weighted by Gasteiger charge is 2.13. The van der Waals surface area contributed by atoms with Gasteiger partial charge in [0.1, 0.15) is 29.8 Å². The fourth-order valence-corrected chi connectivity index (χ4v) is 3.18. The Hall–Kier alpha value is -4.11. The highest BCUT2D eigenvalue weighted by molar-refractivity contribution is 6.31. The summed E-state index contributed by atoms with van der Waals surface area (Å²) >= 11 is 6.15. The average Bonchev–Trinajstić information content (AvgIpc) is 2.80. The summed E-state index contributed by atoms with van der Waals surface area (Å²) in [7, 11) is 0. The van der Waals surface area contributed by atoms with Crippen LogP contribution in [0.2, 0.25) is 5.02 Å². The van der Waals surface area contributed by atoms with Crippen LogP contribution in [0.3, 0.4) is 0 Å². The molecule has 0 fully saturated rings. The Morgan fingerprint density at radius 3 is 2.38 bits per heavy atom. The van der Waals surface area contributed by atoms with Crippen LogP contribution in [-0.4, -0.2) is 24.3 Å². The Morgan fingerprint density at radius 2 is 1.71 bits per heavy atom. The Kier molecular flexibility index (Phi) is 8.05. The fourth-order valence-electron chi connectivity index (χ4n) is 2.95. The number of primary amides is 1. The van der Waals surface area contributed by atoms with Gasteiger partial charge in [0.05, 0.1) is 0 Å². The summed E-state index contributed by atoms with van der Waals surface area (Å²) < 4.78 is 24.1. The first kappa shape index (κ1) is 24.5. The van der Waals surface area contributed by atoms with Crippen LogP contribution in [-0.2, 0) is 17.9 Å². The van der Waals surface area contributed by atoms with Crippen LogP contribution in [0.25, 0.3) is 0 Å². The largest absolute Gasteiger partial charge is 0.489 e. The van der Waals surface area contributed by atoms with E-state index in [1.807, 2.05) is 0 Å². The van der Waals surface area contributed by atoms with Crippen LogP contribution in [0.4, 0.5) is 4.39 Å². The van der Waals surface area contributed by atoms with Crippen molar-refractivity contribution >= 4 is 29.3 Å². The molecule has 0 aliphatic rings. The molecule has 3 aromatic carbocycles. The Bertz CT molecular complexity index is 1220. The first-order chi connectivity index (χ1) is 16.2. The van der Waals surface area contributed by atoms with E-state index in [0.717, 1.165) is 5.56 Å². The Morgan fingerprint density at radius 1 is 0.971 bits per heavy atom. The molecule has 0 saturated carbocycles. The van der Waals surface area contributed by atoms with Crippen molar-refractivity contribution in [1.29, 1.82) is 5.41 Å². The van der Waals surface area contributed by atoms with Crippen LogP contribution in [0.1, 0.15) is 27.0 Å². The number of ether oxygens (including phenoxy) is 2. The van der Waals surface area contributed by atoms with Gasteiger partial charge in [-0.15, -0.1) is 0 Å². The van der Waals surface area contributed by atoms with E-state index in [1.54, 1.807) is 30.3 Å². The molecule has 0 unspecified atom stereocenters. The standard InChI is InChI=1S/C24H22ClFN4O4/c25-18-7-17(8-20(10-18)33-12-14-1-5-19(26)6-2-14)24(32)30-11-16-4-3-15(23(28)29)9-21(16)34-13-22(27)31/h1-10H,11-13H2,(H2,27,31)(H3,28,29)(H,30,32). The number of benzene rings is 3. The molecule has 0 heterocycles. The number of carbonyl (C=O) groups excluding carboxylic acids is 2. The van der Waals surface area contributed by atoms with Crippen LogP contribution < -0.4 is 26.3 Å². The molecule has 8 nitrogen and oxygen atoms in total. The first-order valence-corrected chi connectivity index (χ1v) is 10.4. The summed E-state index contributed by atoms with van der Waals surface area (Å²) in [6.07, 6.45) is 0. The number of rotatable bonds is 10. The van der Waals surface area contributed by atoms with Gasteiger partial charge in [-0.2, -0.15) is 0 Å². The molecule has 0 radical (unpaired) electrons. The number of halogens is 2. The van der Waals surface area contributed by atoms with Crippen LogP contribution in [0, 0.1) is 11.2 Å². The van der Waals surface area contributed by atoms with Gasteiger partial charge in [-0.1, -0.05) is 35.9 Å². The quantitative estimate of drug-likeness (QED) is 0.258. The summed E-state index contributed by atoms with van der Waals surface area (Å²) in [5.41, 5.74) is 12.6. The van der Waals surface area contributed by atoms with Crippen LogP contribution in [0.15, 0.2) is 60.7 Å². The summed E-state index contributed by atoms with van der Waals surface area (Å²) in [6, 6.07) is 15.2. The van der Waals surface area contributed by atoms with Gasteiger partial charge in [-0.3, -0.25) is 15.0 Å². The smallest absolute Gasteiger partial charge is 0.255 e. The van der Waals surface area contributed by atoms with E-state index in [2.05, 4.69) is 5.32 Å². The van der Waals surface area contributed by atoms with E-state index in [4.69, 9.17) is 38.0 Å². The lowest BCUT2D eigenvalue weighted by Crippen LogP contribution is -2.24. The van der Waals surface area contributed by atoms with Crippen LogP contribution in [0.5, 0.6) is 11.5 Å². The predicted molar refractivity (Wildman–Crippen MR) is 126 cm³/mol. The average molecular weight is 485 g/mol. The van der Waals surface area contributed by atoms with Crippen molar-refractivity contribution in [3.8, 4) is 11.5 Å². The lowest BCUT2D eigenvalue weighted by atomic mass is 10.1. The second kappa shape index (κ2) is 11.2. The van der Waals surface area contributed by atoms with Gasteiger partial charge in [-0.05, 0) is 42.0 Å². The second-order valence-electron chi connectivity index (χ2n) is 7.26. The van der Waals surface area contributed by atoms with Crippen molar-refractivity contribution in [3.05, 3.63) is 93.8 Å². The van der Waals surface area contributed by atoms with E-state index in [1.165, 1.54) is 30.3 Å². The topological polar surface area (TPSA) is 141 Å². The summed E-state index contributed by atoms with van der Waals surface area (Å²) in [5.74, 6) is -0.975. The monoisotopic (exact) mass is 484 g/mol. The van der Waals surface area contributed by atoms with E-state index >= 15 is 0 Å². The third-order valence-electron chi connectivity index (χ3n) is 4.64. The lowest BCUT2D eigenvalue weighted by Gasteiger charge is -2.14. The van der Waals surface area contributed by atoms with Crippen molar-refractivity contribution in [2.24, 2.45) is 11.5 Å². The van der Waals surface area contributed by atoms with E-state index in [9.17, 15) is 14.0 Å². The molecule has 0 atom stereocenters. The molecule has 0 aliphatic heterocycles. The maximum Gasteiger partial charge on any atom is 0.255 e. The molecule has 10 heteroatoms. The molecule has 0 spiro atoms. The maximum absolute atomic E-state index is 13.1. The molecular formula is C24H22ClFN4O4. The van der Waals surface area contributed by atoms with Gasteiger partial charge in [0.15, 0.2) is 6.61 Å². The molecule has 0 aromatic heterocycles. The number of hydrogen-bond donors (Lipinski definition) is 4. The molecular weight excluding hydrogens is 463 g/mol. The molecule has 3 aromatic rings. The van der Waals surface area contributed by atoms with Gasteiger partial charge in [-0.25, -0.2) is 4.39 Å². The molecule has 2 amide bonds. The van der Waals surface area contributed by atoms with E-state index in [-0.39, 0.29) is 42.7 Å². The Balaban J connectivity index is 1.70. The molecule has 0 saturated heterocycles. The van der Waals surface area contributed by atoms with E-state index < -0.39 is 11.8 Å². The SMILES string of the molecule is N=C(N)c1ccc(CNC(=O)c2cc(Cl)cc(OCc3ccc(F)cc3)c2)c(OCC(N)=O)c1. The minimum atomic E-state index is -0.671. The molecule has 0 aliphatic carbocycles. The fraction of sp³-hybridized carbons (Fsp3) is 0.125. The van der Waals surface area contributed by atoms with Crippen molar-refractivity contribution < 1.29 is 23.5 Å². The molecule has 176 valence electrons. The van der Waals surface area contributed by atoms with E-state index in [0.29, 0.717) is 21.9 Å². The number of hydrogen-bond acceptors (Lipinski definition) is 5. The predicted octanol–water partition coefficient (Wildman–Crippen LogP) is 3.14. The van der Waals surface area contributed by atoms with Gasteiger partial charge in [0, 0.05) is 28.3 Å². The number of nitrogens with two attached hydrogens (primary N) is 2. The second-order valence-corrected chi connectivity index (χ2v) is 7.70. The third kappa shape index (κ3) is 6.94. The zero-order valence-electron chi connectivity index (χ0n) is 17.9. The molecule has 3 rings (SSSR count). The van der Waals surface area contributed by atoms with Crippen molar-refractivity contribution in [1.82, 2.24) is 5.32 Å². The van der Waals surface area contributed by atoms with Gasteiger partial charge in [0.25, 0.3) is 11.8 Å². The highest BCUT2D eigenvalue weighted by Crippen LogP contribution is 2.24. The Labute approximate surface area is 200 Å². The minimum absolute atomic E-state index is 0.0589. The van der Waals surface area contributed by atoms with Gasteiger partial charge >= 0.3 is 0 Å².